The number of nitrogens with zero attached hydrogens (tertiary/aromatic N) is 2. The number of nitrogens with one attached hydrogen (secondary N) is 1. The van der Waals surface area contributed by atoms with Gasteiger partial charge in [-0.2, -0.15) is 0 Å². The van der Waals surface area contributed by atoms with Crippen LogP contribution in [0.5, 0.6) is 0 Å². The molecule has 1 saturated heterocycles. The Labute approximate surface area is 124 Å². The average Bonchev–Trinajstić information content (AvgIpc) is 2.54. The van der Waals surface area contributed by atoms with E-state index in [-0.39, 0.29) is 24.6 Å². The molecule has 0 saturated carbocycles. The predicted octanol–water partition coefficient (Wildman–Crippen LogP) is 1.02. The molecule has 1 aliphatic rings. The molecule has 1 aromatic rings. The maximum Gasteiger partial charge on any atom is 0.306 e. The van der Waals surface area contributed by atoms with Crippen molar-refractivity contribution in [3.05, 3.63) is 23.9 Å². The van der Waals surface area contributed by atoms with Crippen LogP contribution in [0.3, 0.4) is 0 Å². The van der Waals surface area contributed by atoms with E-state index >= 15 is 0 Å². The molecule has 6 heteroatoms. The van der Waals surface area contributed by atoms with E-state index in [9.17, 15) is 9.59 Å². The number of aromatic nitrogens is 1. The van der Waals surface area contributed by atoms with E-state index in [4.69, 9.17) is 4.74 Å². The zero-order valence-electron chi connectivity index (χ0n) is 12.3. The van der Waals surface area contributed by atoms with E-state index in [2.05, 4.69) is 15.2 Å². The number of carbonyl (C=O) groups is 2. The Hall–Kier alpha value is -1.95. The maximum atomic E-state index is 12.3. The molecule has 1 aliphatic heterocycles. The number of hydrogen-bond donors (Lipinski definition) is 1. The molecule has 0 spiro atoms. The second-order valence-corrected chi connectivity index (χ2v) is 4.84. The summed E-state index contributed by atoms with van der Waals surface area (Å²) in [5, 5.41) is 3.27. The Balaban J connectivity index is 2.04. The minimum Gasteiger partial charge on any atom is -0.466 e. The Bertz CT molecular complexity index is 499. The lowest BCUT2D eigenvalue weighted by atomic mass is 10.1. The van der Waals surface area contributed by atoms with Gasteiger partial charge < -0.3 is 15.0 Å². The highest BCUT2D eigenvalue weighted by Gasteiger charge is 2.19. The summed E-state index contributed by atoms with van der Waals surface area (Å²) in [6.07, 6.45) is 1.96. The molecule has 0 unspecified atom stereocenters. The van der Waals surface area contributed by atoms with Gasteiger partial charge in [-0.05, 0) is 19.1 Å². The van der Waals surface area contributed by atoms with Gasteiger partial charge in [0, 0.05) is 38.8 Å². The first kappa shape index (κ1) is 15.4. The lowest BCUT2D eigenvalue weighted by Crippen LogP contribution is -2.44. The Kier molecular flexibility index (Phi) is 5.68. The van der Waals surface area contributed by atoms with Gasteiger partial charge in [-0.25, -0.2) is 4.98 Å². The minimum absolute atomic E-state index is 0.0651. The minimum atomic E-state index is -0.335. The van der Waals surface area contributed by atoms with Gasteiger partial charge in [0.2, 0.25) is 0 Å². The third-order valence-corrected chi connectivity index (χ3v) is 3.37. The first-order chi connectivity index (χ1) is 10.2. The van der Waals surface area contributed by atoms with E-state index in [1.165, 1.54) is 0 Å². The number of carbonyl (C=O) groups excluding carboxylic acids is 2. The van der Waals surface area contributed by atoms with Crippen molar-refractivity contribution >= 4 is 17.6 Å². The number of pyridine rings is 1. The van der Waals surface area contributed by atoms with Crippen molar-refractivity contribution in [1.82, 2.24) is 10.3 Å². The zero-order valence-corrected chi connectivity index (χ0v) is 12.3. The summed E-state index contributed by atoms with van der Waals surface area (Å²) in [6.45, 7) is 5.51. The van der Waals surface area contributed by atoms with Crippen LogP contribution < -0.4 is 10.2 Å². The van der Waals surface area contributed by atoms with E-state index in [1.807, 2.05) is 0 Å². The molecule has 1 aromatic heterocycles. The average molecular weight is 291 g/mol. The van der Waals surface area contributed by atoms with Crippen molar-refractivity contribution in [2.75, 3.05) is 37.7 Å². The summed E-state index contributed by atoms with van der Waals surface area (Å²) in [4.78, 5) is 30.1. The third kappa shape index (κ3) is 4.26. The fraction of sp³-hybridized carbons (Fsp3) is 0.533. The van der Waals surface area contributed by atoms with Gasteiger partial charge in [0.15, 0.2) is 5.78 Å². The van der Waals surface area contributed by atoms with Crippen LogP contribution in [0.4, 0.5) is 5.82 Å². The number of hydrogen-bond acceptors (Lipinski definition) is 6. The van der Waals surface area contributed by atoms with Gasteiger partial charge in [-0.15, -0.1) is 0 Å². The number of esters is 1. The predicted molar refractivity (Wildman–Crippen MR) is 79.5 cm³/mol. The Morgan fingerprint density at radius 2 is 2.10 bits per heavy atom. The molecule has 114 valence electrons. The Morgan fingerprint density at radius 3 is 2.81 bits per heavy atom. The number of rotatable bonds is 6. The van der Waals surface area contributed by atoms with Crippen LogP contribution in [-0.4, -0.2) is 49.5 Å². The van der Waals surface area contributed by atoms with E-state index in [0.29, 0.717) is 18.0 Å². The van der Waals surface area contributed by atoms with Gasteiger partial charge in [0.05, 0.1) is 18.6 Å². The highest BCUT2D eigenvalue weighted by Crippen LogP contribution is 2.20. The number of ether oxygens (including phenoxy) is 1. The van der Waals surface area contributed by atoms with E-state index < -0.39 is 0 Å². The van der Waals surface area contributed by atoms with Crippen LogP contribution in [-0.2, 0) is 9.53 Å². The summed E-state index contributed by atoms with van der Waals surface area (Å²) < 4.78 is 4.85. The molecule has 0 aromatic carbocycles. The molecule has 0 amide bonds. The standard InChI is InChI=1S/C15H21N3O3/c1-2-21-14(20)6-5-13(19)12-4-3-7-17-15(12)18-10-8-16-9-11-18/h3-4,7,16H,2,5-6,8-11H2,1H3. The SMILES string of the molecule is CCOC(=O)CCC(=O)c1cccnc1N1CCNCC1. The lowest BCUT2D eigenvalue weighted by molar-refractivity contribution is -0.143. The van der Waals surface area contributed by atoms with Gasteiger partial charge in [-0.3, -0.25) is 9.59 Å². The van der Waals surface area contributed by atoms with Gasteiger partial charge in [0.1, 0.15) is 5.82 Å². The second-order valence-electron chi connectivity index (χ2n) is 4.84. The normalized spacial score (nSPS) is 14.8. The van der Waals surface area contributed by atoms with Crippen LogP contribution in [0.1, 0.15) is 30.1 Å². The van der Waals surface area contributed by atoms with Crippen molar-refractivity contribution in [3.8, 4) is 0 Å². The highest BCUT2D eigenvalue weighted by molar-refractivity contribution is 6.01. The molecule has 2 rings (SSSR count). The van der Waals surface area contributed by atoms with Crippen LogP contribution >= 0.6 is 0 Å². The molecular weight excluding hydrogens is 270 g/mol. The largest absolute Gasteiger partial charge is 0.466 e. The van der Waals surface area contributed by atoms with Gasteiger partial charge >= 0.3 is 5.97 Å². The first-order valence-corrected chi connectivity index (χ1v) is 7.32. The van der Waals surface area contributed by atoms with Crippen LogP contribution in [0.25, 0.3) is 0 Å². The van der Waals surface area contributed by atoms with Crippen LogP contribution in [0.15, 0.2) is 18.3 Å². The highest BCUT2D eigenvalue weighted by atomic mass is 16.5. The molecular formula is C15H21N3O3. The quantitative estimate of drug-likeness (QED) is 0.623. The zero-order chi connectivity index (χ0) is 15.1. The fourth-order valence-corrected chi connectivity index (χ4v) is 2.33. The molecule has 21 heavy (non-hydrogen) atoms. The van der Waals surface area contributed by atoms with Gasteiger partial charge in [0.25, 0.3) is 0 Å². The molecule has 0 atom stereocenters. The number of ketones is 1. The maximum absolute atomic E-state index is 12.3. The molecule has 2 heterocycles. The van der Waals surface area contributed by atoms with E-state index in [0.717, 1.165) is 26.2 Å². The van der Waals surface area contributed by atoms with Crippen molar-refractivity contribution < 1.29 is 14.3 Å². The summed E-state index contributed by atoms with van der Waals surface area (Å²) in [5.74, 6) is 0.316. The molecule has 1 fully saturated rings. The fourth-order valence-electron chi connectivity index (χ4n) is 2.33. The van der Waals surface area contributed by atoms with Crippen molar-refractivity contribution in [2.24, 2.45) is 0 Å². The number of Topliss-reactive ketones (excluding diaryl/α,β-unsaturated/α-hetero) is 1. The first-order valence-electron chi connectivity index (χ1n) is 7.32. The van der Waals surface area contributed by atoms with Crippen molar-refractivity contribution in [2.45, 2.75) is 19.8 Å². The molecule has 0 bridgehead atoms. The van der Waals surface area contributed by atoms with E-state index in [1.54, 1.807) is 25.3 Å². The topological polar surface area (TPSA) is 71.5 Å². The smallest absolute Gasteiger partial charge is 0.306 e. The summed E-state index contributed by atoms with van der Waals surface area (Å²) in [5.41, 5.74) is 0.587. The summed E-state index contributed by atoms with van der Waals surface area (Å²) >= 11 is 0. The monoisotopic (exact) mass is 291 g/mol. The summed E-state index contributed by atoms with van der Waals surface area (Å²) in [7, 11) is 0. The lowest BCUT2D eigenvalue weighted by Gasteiger charge is -2.29. The second kappa shape index (κ2) is 7.73. The molecule has 6 nitrogen and oxygen atoms in total. The summed E-state index contributed by atoms with van der Waals surface area (Å²) in [6, 6.07) is 3.53. The molecule has 0 radical (unpaired) electrons. The number of anilines is 1. The Morgan fingerprint density at radius 1 is 1.33 bits per heavy atom. The van der Waals surface area contributed by atoms with Crippen LogP contribution in [0.2, 0.25) is 0 Å². The van der Waals surface area contributed by atoms with Crippen molar-refractivity contribution in [3.63, 3.8) is 0 Å². The molecule has 0 aliphatic carbocycles. The molecule has 1 N–H and O–H groups in total. The number of piperazine rings is 1. The van der Waals surface area contributed by atoms with Gasteiger partial charge in [-0.1, -0.05) is 0 Å². The third-order valence-electron chi connectivity index (χ3n) is 3.37. The van der Waals surface area contributed by atoms with Crippen LogP contribution in [0, 0.1) is 0 Å². The van der Waals surface area contributed by atoms with Crippen molar-refractivity contribution in [1.29, 1.82) is 0 Å².